The number of nitrogens with two attached hydrogens (primary N) is 1. The predicted octanol–water partition coefficient (Wildman–Crippen LogP) is 3.41. The fraction of sp³-hybridized carbons (Fsp3) is 0.294. The second-order valence-corrected chi connectivity index (χ2v) is 8.20. The average molecular weight is 433 g/mol. The van der Waals surface area contributed by atoms with Crippen LogP contribution in [0.1, 0.15) is 29.6 Å². The molecular weight excluding hydrogens is 414 g/mol. The summed E-state index contributed by atoms with van der Waals surface area (Å²) in [5, 5.41) is 4.17. The van der Waals surface area contributed by atoms with Gasteiger partial charge in [-0.05, 0) is 38.5 Å². The fourth-order valence-corrected chi connectivity index (χ4v) is 4.82. The van der Waals surface area contributed by atoms with Crippen LogP contribution in [0.25, 0.3) is 5.65 Å². The lowest BCUT2D eigenvalue weighted by atomic mass is 10.2. The van der Waals surface area contributed by atoms with Gasteiger partial charge >= 0.3 is 0 Å². The Hall–Kier alpha value is -1.74. The number of hydrogen-bond donors (Lipinski definition) is 1. The Kier molecular flexibility index (Phi) is 6.16. The summed E-state index contributed by atoms with van der Waals surface area (Å²) in [5.41, 5.74) is 8.60. The van der Waals surface area contributed by atoms with Crippen LogP contribution in [-0.2, 0) is 22.8 Å². The van der Waals surface area contributed by atoms with Gasteiger partial charge in [-0.25, -0.2) is 22.3 Å². The Morgan fingerprint density at radius 2 is 1.96 bits per heavy atom. The summed E-state index contributed by atoms with van der Waals surface area (Å²) in [6, 6.07) is 3.32. The molecule has 2 aromatic heterocycles. The van der Waals surface area contributed by atoms with Gasteiger partial charge in [0.05, 0.1) is 15.6 Å². The van der Waals surface area contributed by atoms with Gasteiger partial charge in [0, 0.05) is 23.5 Å². The van der Waals surface area contributed by atoms with Crippen molar-refractivity contribution in [1.82, 2.24) is 14.6 Å². The molecule has 6 nitrogen and oxygen atoms in total. The lowest BCUT2D eigenvalue weighted by Gasteiger charge is -2.10. The van der Waals surface area contributed by atoms with E-state index in [1.54, 1.807) is 6.92 Å². The number of hydrogen-bond acceptors (Lipinski definition) is 5. The van der Waals surface area contributed by atoms with Gasteiger partial charge in [-0.15, -0.1) is 12.4 Å². The summed E-state index contributed by atoms with van der Waals surface area (Å²) in [6.07, 6.45) is 0.392. The van der Waals surface area contributed by atoms with Crippen LogP contribution >= 0.6 is 24.0 Å². The average Bonchev–Trinajstić information content (AvgIpc) is 2.97. The van der Waals surface area contributed by atoms with E-state index in [9.17, 15) is 12.8 Å². The zero-order valence-electron chi connectivity index (χ0n) is 15.0. The molecule has 0 radical (unpaired) electrons. The molecule has 0 fully saturated rings. The van der Waals surface area contributed by atoms with Gasteiger partial charge in [0.2, 0.25) is 9.84 Å². The van der Waals surface area contributed by atoms with Gasteiger partial charge in [-0.2, -0.15) is 5.10 Å². The number of sulfone groups is 1. The lowest BCUT2D eigenvalue weighted by Crippen LogP contribution is -2.10. The molecule has 0 amide bonds. The number of fused-ring (bicyclic) bond motifs is 1. The van der Waals surface area contributed by atoms with Crippen LogP contribution in [0.2, 0.25) is 5.02 Å². The summed E-state index contributed by atoms with van der Waals surface area (Å²) in [5.74, 6) is -0.682. The summed E-state index contributed by atoms with van der Waals surface area (Å²) in [6.45, 7) is 5.68. The standard InChI is InChI=1S/C17H18ClFN4O2S.ClH/c1-4-15-16(26(24,25)11-5-6-14(19)13(18)7-11)17-21-9(2)12(8-20)10(3)23(17)22-15;/h5-7H,4,8,20H2,1-3H3;1H. The third kappa shape index (κ3) is 3.42. The van der Waals surface area contributed by atoms with Crippen molar-refractivity contribution < 1.29 is 12.8 Å². The molecule has 0 saturated carbocycles. The Morgan fingerprint density at radius 1 is 1.30 bits per heavy atom. The molecule has 0 aliphatic heterocycles. The molecule has 2 heterocycles. The third-order valence-electron chi connectivity index (χ3n) is 4.36. The van der Waals surface area contributed by atoms with Crippen LogP contribution in [0.5, 0.6) is 0 Å². The van der Waals surface area contributed by atoms with Crippen LogP contribution in [0.3, 0.4) is 0 Å². The molecule has 3 aromatic rings. The molecular formula is C17H19Cl2FN4O2S. The maximum atomic E-state index is 13.4. The van der Waals surface area contributed by atoms with Crippen molar-refractivity contribution in [2.75, 3.05) is 0 Å². The minimum absolute atomic E-state index is 0. The van der Waals surface area contributed by atoms with E-state index >= 15 is 0 Å². The van der Waals surface area contributed by atoms with E-state index in [0.717, 1.165) is 23.4 Å². The second-order valence-electron chi connectivity index (χ2n) is 5.91. The fourth-order valence-electron chi connectivity index (χ4n) is 2.95. The monoisotopic (exact) mass is 432 g/mol. The van der Waals surface area contributed by atoms with E-state index in [0.29, 0.717) is 17.8 Å². The van der Waals surface area contributed by atoms with Crippen molar-refractivity contribution in [1.29, 1.82) is 0 Å². The SMILES string of the molecule is CCc1nn2c(C)c(CN)c(C)nc2c1S(=O)(=O)c1ccc(F)c(Cl)c1.Cl. The molecule has 0 aliphatic rings. The summed E-state index contributed by atoms with van der Waals surface area (Å²) < 4.78 is 41.4. The second kappa shape index (κ2) is 7.71. The maximum absolute atomic E-state index is 13.4. The number of nitrogens with zero attached hydrogens (tertiary/aromatic N) is 3. The van der Waals surface area contributed by atoms with Gasteiger partial charge in [-0.1, -0.05) is 18.5 Å². The highest BCUT2D eigenvalue weighted by Crippen LogP contribution is 2.31. The predicted molar refractivity (Wildman–Crippen MR) is 104 cm³/mol. The quantitative estimate of drug-likeness (QED) is 0.637. The van der Waals surface area contributed by atoms with Crippen molar-refractivity contribution in [3.05, 3.63) is 51.7 Å². The molecule has 0 atom stereocenters. The van der Waals surface area contributed by atoms with Crippen LogP contribution in [0.4, 0.5) is 4.39 Å². The highest BCUT2D eigenvalue weighted by Gasteiger charge is 2.29. The number of aryl methyl sites for hydroxylation is 3. The Balaban J connectivity index is 0.00000261. The Labute approximate surface area is 167 Å². The van der Waals surface area contributed by atoms with E-state index < -0.39 is 15.7 Å². The van der Waals surface area contributed by atoms with Crippen LogP contribution < -0.4 is 5.73 Å². The van der Waals surface area contributed by atoms with E-state index in [-0.39, 0.29) is 39.4 Å². The lowest BCUT2D eigenvalue weighted by molar-refractivity contribution is 0.594. The number of aromatic nitrogens is 3. The molecule has 10 heteroatoms. The highest BCUT2D eigenvalue weighted by atomic mass is 35.5. The van der Waals surface area contributed by atoms with Crippen molar-refractivity contribution in [2.45, 2.75) is 43.5 Å². The zero-order chi connectivity index (χ0) is 19.2. The van der Waals surface area contributed by atoms with Gasteiger partial charge in [0.15, 0.2) is 5.65 Å². The first-order valence-corrected chi connectivity index (χ1v) is 9.86. The molecule has 2 N–H and O–H groups in total. The van der Waals surface area contributed by atoms with Gasteiger partial charge in [0.1, 0.15) is 10.7 Å². The van der Waals surface area contributed by atoms with Gasteiger partial charge in [-0.3, -0.25) is 0 Å². The molecule has 0 saturated heterocycles. The van der Waals surface area contributed by atoms with Crippen LogP contribution in [-0.4, -0.2) is 23.0 Å². The highest BCUT2D eigenvalue weighted by molar-refractivity contribution is 7.91. The number of benzene rings is 1. The van der Waals surface area contributed by atoms with Gasteiger partial charge < -0.3 is 5.73 Å². The zero-order valence-corrected chi connectivity index (χ0v) is 17.3. The number of halogens is 3. The molecule has 27 heavy (non-hydrogen) atoms. The first kappa shape index (κ1) is 21.6. The first-order chi connectivity index (χ1) is 12.2. The van der Waals surface area contributed by atoms with Crippen molar-refractivity contribution in [3.8, 4) is 0 Å². The topological polar surface area (TPSA) is 90.3 Å². The first-order valence-electron chi connectivity index (χ1n) is 8.00. The van der Waals surface area contributed by atoms with E-state index in [1.165, 1.54) is 10.6 Å². The minimum Gasteiger partial charge on any atom is -0.326 e. The van der Waals surface area contributed by atoms with Crippen molar-refractivity contribution in [3.63, 3.8) is 0 Å². The minimum atomic E-state index is -3.99. The molecule has 146 valence electrons. The molecule has 0 unspecified atom stereocenters. The molecule has 0 spiro atoms. The van der Waals surface area contributed by atoms with Crippen LogP contribution in [0, 0.1) is 19.7 Å². The maximum Gasteiger partial charge on any atom is 0.212 e. The Bertz CT molecular complexity index is 1130. The summed E-state index contributed by atoms with van der Waals surface area (Å²) >= 11 is 5.77. The van der Waals surface area contributed by atoms with Crippen molar-refractivity contribution in [2.24, 2.45) is 5.73 Å². The van der Waals surface area contributed by atoms with Crippen LogP contribution in [0.15, 0.2) is 28.0 Å². The summed E-state index contributed by atoms with van der Waals surface area (Å²) in [7, 11) is -3.99. The van der Waals surface area contributed by atoms with Crippen molar-refractivity contribution >= 4 is 39.5 Å². The molecule has 0 aliphatic carbocycles. The smallest absolute Gasteiger partial charge is 0.212 e. The summed E-state index contributed by atoms with van der Waals surface area (Å²) in [4.78, 5) is 4.35. The molecule has 3 rings (SSSR count). The Morgan fingerprint density at radius 3 is 2.52 bits per heavy atom. The van der Waals surface area contributed by atoms with E-state index in [4.69, 9.17) is 17.3 Å². The third-order valence-corrected chi connectivity index (χ3v) is 6.48. The van der Waals surface area contributed by atoms with E-state index in [1.807, 2.05) is 13.8 Å². The molecule has 0 bridgehead atoms. The molecule has 1 aromatic carbocycles. The van der Waals surface area contributed by atoms with E-state index in [2.05, 4.69) is 10.1 Å². The number of rotatable bonds is 4. The van der Waals surface area contributed by atoms with Gasteiger partial charge in [0.25, 0.3) is 0 Å². The largest absolute Gasteiger partial charge is 0.326 e. The normalized spacial score (nSPS) is 11.6.